The number of para-hydroxylation sites is 1. The second-order valence-electron chi connectivity index (χ2n) is 5.83. The topological polar surface area (TPSA) is 69.4 Å². The highest BCUT2D eigenvalue weighted by atomic mass is 16.5. The average Bonchev–Trinajstić information content (AvgIpc) is 3.19. The minimum Gasteiger partial charge on any atom is -0.504 e. The lowest BCUT2D eigenvalue weighted by molar-refractivity contribution is 0.373. The number of methoxy groups -OCH3 is 1. The summed E-state index contributed by atoms with van der Waals surface area (Å²) in [7, 11) is 1.51. The molecule has 6 nitrogen and oxygen atoms in total. The van der Waals surface area contributed by atoms with Gasteiger partial charge in [0, 0.05) is 5.56 Å². The number of ether oxygens (including phenoxy) is 2. The molecule has 0 fully saturated rings. The van der Waals surface area contributed by atoms with E-state index in [0.29, 0.717) is 5.75 Å². The second-order valence-corrected chi connectivity index (χ2v) is 5.83. The Morgan fingerprint density at radius 3 is 2.33 bits per heavy atom. The van der Waals surface area contributed by atoms with Gasteiger partial charge in [0.25, 0.3) is 0 Å². The van der Waals surface area contributed by atoms with Crippen LogP contribution in [0.15, 0.2) is 79.0 Å². The Balaban J connectivity index is 1.61. The fourth-order valence-corrected chi connectivity index (χ4v) is 2.75. The Labute approximate surface area is 156 Å². The highest BCUT2D eigenvalue weighted by molar-refractivity contribution is 5.65. The SMILES string of the molecule is COc1ccc(-c2cnnn2-c2ccc(Oc3ccccc3)cc2)cc1O. The fourth-order valence-electron chi connectivity index (χ4n) is 2.75. The third kappa shape index (κ3) is 3.46. The van der Waals surface area contributed by atoms with Gasteiger partial charge in [-0.1, -0.05) is 23.4 Å². The lowest BCUT2D eigenvalue weighted by atomic mass is 10.1. The fraction of sp³-hybridized carbons (Fsp3) is 0.0476. The maximum Gasteiger partial charge on any atom is 0.160 e. The van der Waals surface area contributed by atoms with Crippen LogP contribution in [0.2, 0.25) is 0 Å². The summed E-state index contributed by atoms with van der Waals surface area (Å²) in [6.07, 6.45) is 1.65. The lowest BCUT2D eigenvalue weighted by Gasteiger charge is -2.10. The Hall–Kier alpha value is -3.80. The summed E-state index contributed by atoms with van der Waals surface area (Å²) in [6.45, 7) is 0. The number of aromatic nitrogens is 3. The number of nitrogens with zero attached hydrogens (tertiary/aromatic N) is 3. The van der Waals surface area contributed by atoms with Crippen LogP contribution >= 0.6 is 0 Å². The van der Waals surface area contributed by atoms with Gasteiger partial charge in [-0.2, -0.15) is 0 Å². The molecule has 0 spiro atoms. The molecule has 0 saturated carbocycles. The number of phenols is 1. The van der Waals surface area contributed by atoms with Gasteiger partial charge in [-0.3, -0.25) is 0 Å². The van der Waals surface area contributed by atoms with Crippen molar-refractivity contribution >= 4 is 0 Å². The zero-order chi connectivity index (χ0) is 18.6. The molecule has 0 unspecified atom stereocenters. The molecular weight excluding hydrogens is 342 g/mol. The summed E-state index contributed by atoms with van der Waals surface area (Å²) in [4.78, 5) is 0. The Bertz CT molecular complexity index is 1040. The van der Waals surface area contributed by atoms with E-state index in [9.17, 15) is 5.11 Å². The number of hydrogen-bond donors (Lipinski definition) is 1. The molecule has 0 radical (unpaired) electrons. The monoisotopic (exact) mass is 359 g/mol. The van der Waals surface area contributed by atoms with E-state index in [1.165, 1.54) is 7.11 Å². The number of aromatic hydroxyl groups is 1. The molecule has 0 bridgehead atoms. The Kier molecular flexibility index (Phi) is 4.45. The van der Waals surface area contributed by atoms with Gasteiger partial charge >= 0.3 is 0 Å². The van der Waals surface area contributed by atoms with Crippen molar-refractivity contribution in [3.63, 3.8) is 0 Å². The third-order valence-electron chi connectivity index (χ3n) is 4.08. The smallest absolute Gasteiger partial charge is 0.160 e. The van der Waals surface area contributed by atoms with Crippen molar-refractivity contribution in [3.8, 4) is 39.9 Å². The van der Waals surface area contributed by atoms with Crippen LogP contribution < -0.4 is 9.47 Å². The standard InChI is InChI=1S/C21H17N3O3/c1-26-21-12-7-15(13-20(21)25)19-14-22-23-24(19)16-8-10-18(11-9-16)27-17-5-3-2-4-6-17/h2-14,25H,1H3. The number of rotatable bonds is 5. The van der Waals surface area contributed by atoms with E-state index in [1.807, 2.05) is 60.7 Å². The highest BCUT2D eigenvalue weighted by Gasteiger charge is 2.11. The van der Waals surface area contributed by atoms with E-state index in [0.717, 1.165) is 28.4 Å². The first-order valence-corrected chi connectivity index (χ1v) is 8.36. The van der Waals surface area contributed by atoms with Crippen molar-refractivity contribution in [3.05, 3.63) is 79.0 Å². The summed E-state index contributed by atoms with van der Waals surface area (Å²) < 4.78 is 12.6. The van der Waals surface area contributed by atoms with Gasteiger partial charge in [0.05, 0.1) is 24.7 Å². The van der Waals surface area contributed by atoms with Gasteiger partial charge in [0.1, 0.15) is 11.5 Å². The third-order valence-corrected chi connectivity index (χ3v) is 4.08. The molecule has 4 rings (SSSR count). The van der Waals surface area contributed by atoms with Crippen LogP contribution in [-0.4, -0.2) is 27.2 Å². The molecule has 0 aliphatic rings. The minimum absolute atomic E-state index is 0.0642. The molecule has 1 aromatic heterocycles. The largest absolute Gasteiger partial charge is 0.504 e. The van der Waals surface area contributed by atoms with Crippen LogP contribution in [-0.2, 0) is 0 Å². The molecule has 27 heavy (non-hydrogen) atoms. The van der Waals surface area contributed by atoms with Crippen molar-refractivity contribution in [2.75, 3.05) is 7.11 Å². The summed E-state index contributed by atoms with van der Waals surface area (Å²) in [6, 6.07) is 22.3. The molecule has 0 amide bonds. The predicted octanol–water partition coefficient (Wildman–Crippen LogP) is 4.44. The first-order valence-electron chi connectivity index (χ1n) is 8.36. The van der Waals surface area contributed by atoms with Crippen LogP contribution in [0.4, 0.5) is 0 Å². The van der Waals surface area contributed by atoms with Gasteiger partial charge in [-0.15, -0.1) is 5.10 Å². The van der Waals surface area contributed by atoms with E-state index in [-0.39, 0.29) is 5.75 Å². The number of benzene rings is 3. The van der Waals surface area contributed by atoms with Crippen molar-refractivity contribution in [1.82, 2.24) is 15.0 Å². The van der Waals surface area contributed by atoms with Gasteiger partial charge in [-0.05, 0) is 54.6 Å². The summed E-state index contributed by atoms with van der Waals surface area (Å²) in [5.41, 5.74) is 2.37. The van der Waals surface area contributed by atoms with Crippen LogP contribution in [0.1, 0.15) is 0 Å². The van der Waals surface area contributed by atoms with Crippen molar-refractivity contribution in [1.29, 1.82) is 0 Å². The summed E-state index contributed by atoms with van der Waals surface area (Å²) in [5.74, 6) is 1.99. The highest BCUT2D eigenvalue weighted by Crippen LogP contribution is 2.32. The molecule has 4 aromatic rings. The molecular formula is C21H17N3O3. The lowest BCUT2D eigenvalue weighted by Crippen LogP contribution is -1.99. The van der Waals surface area contributed by atoms with Crippen LogP contribution in [0, 0.1) is 0 Å². The summed E-state index contributed by atoms with van der Waals surface area (Å²) in [5, 5.41) is 18.2. The first-order chi connectivity index (χ1) is 13.2. The molecule has 3 aromatic carbocycles. The maximum atomic E-state index is 10.0. The predicted molar refractivity (Wildman–Crippen MR) is 102 cm³/mol. The molecule has 0 aliphatic carbocycles. The zero-order valence-electron chi connectivity index (χ0n) is 14.6. The van der Waals surface area contributed by atoms with E-state index in [2.05, 4.69) is 10.3 Å². The molecule has 1 heterocycles. The molecule has 0 aliphatic heterocycles. The normalized spacial score (nSPS) is 10.6. The molecule has 0 saturated heterocycles. The number of hydrogen-bond acceptors (Lipinski definition) is 5. The van der Waals surface area contributed by atoms with Gasteiger partial charge < -0.3 is 14.6 Å². The Morgan fingerprint density at radius 2 is 1.63 bits per heavy atom. The second kappa shape index (κ2) is 7.21. The van der Waals surface area contributed by atoms with Gasteiger partial charge in [0.2, 0.25) is 0 Å². The van der Waals surface area contributed by atoms with E-state index < -0.39 is 0 Å². The van der Waals surface area contributed by atoms with E-state index in [4.69, 9.17) is 9.47 Å². The van der Waals surface area contributed by atoms with Crippen LogP contribution in [0.5, 0.6) is 23.0 Å². The van der Waals surface area contributed by atoms with E-state index in [1.54, 1.807) is 23.0 Å². The Morgan fingerprint density at radius 1 is 0.889 bits per heavy atom. The van der Waals surface area contributed by atoms with E-state index >= 15 is 0 Å². The van der Waals surface area contributed by atoms with Crippen molar-refractivity contribution in [2.24, 2.45) is 0 Å². The molecule has 6 heteroatoms. The average molecular weight is 359 g/mol. The molecule has 0 atom stereocenters. The quantitative estimate of drug-likeness (QED) is 0.570. The van der Waals surface area contributed by atoms with Gasteiger partial charge in [0.15, 0.2) is 11.5 Å². The first kappa shape index (κ1) is 16.7. The van der Waals surface area contributed by atoms with Crippen LogP contribution in [0.3, 0.4) is 0 Å². The van der Waals surface area contributed by atoms with Crippen LogP contribution in [0.25, 0.3) is 16.9 Å². The van der Waals surface area contributed by atoms with Crippen molar-refractivity contribution < 1.29 is 14.6 Å². The van der Waals surface area contributed by atoms with Crippen molar-refractivity contribution in [2.45, 2.75) is 0 Å². The maximum absolute atomic E-state index is 10.0. The summed E-state index contributed by atoms with van der Waals surface area (Å²) >= 11 is 0. The zero-order valence-corrected chi connectivity index (χ0v) is 14.6. The number of phenolic OH excluding ortho intramolecular Hbond substituents is 1. The minimum atomic E-state index is 0.0642. The van der Waals surface area contributed by atoms with Gasteiger partial charge in [-0.25, -0.2) is 4.68 Å². The molecule has 1 N–H and O–H groups in total. The molecule has 134 valence electrons.